The minimum absolute atomic E-state index is 0.520. The highest BCUT2D eigenvalue weighted by atomic mass is 16.3. The first-order chi connectivity index (χ1) is 5.21. The molecule has 0 bridgehead atoms. The fourth-order valence-electron chi connectivity index (χ4n) is 0.377. The van der Waals surface area contributed by atoms with Crippen LogP contribution >= 0.6 is 0 Å². The van der Waals surface area contributed by atoms with Crippen molar-refractivity contribution in [2.75, 3.05) is 0 Å². The van der Waals surface area contributed by atoms with Crippen LogP contribution in [0.5, 0.6) is 0 Å². The maximum atomic E-state index is 9.17. The number of rotatable bonds is 0. The summed E-state index contributed by atoms with van der Waals surface area (Å²) in [4.78, 5) is 0. The molecule has 66 valence electrons. The molecule has 0 rings (SSSR count). The highest BCUT2D eigenvalue weighted by Gasteiger charge is 2.05. The van der Waals surface area contributed by atoms with Crippen molar-refractivity contribution >= 4 is 0 Å². The highest BCUT2D eigenvalue weighted by Crippen LogP contribution is 1.95. The van der Waals surface area contributed by atoms with Crippen LogP contribution in [-0.4, -0.2) is 16.2 Å². The summed E-state index contributed by atoms with van der Waals surface area (Å²) in [6.07, 6.45) is 0. The zero-order valence-corrected chi connectivity index (χ0v) is 8.02. The van der Waals surface area contributed by atoms with E-state index in [9.17, 15) is 5.11 Å². The molecule has 0 aliphatic rings. The van der Waals surface area contributed by atoms with Crippen LogP contribution in [0.4, 0.5) is 0 Å². The van der Waals surface area contributed by atoms with E-state index in [0.29, 0.717) is 0 Å². The van der Waals surface area contributed by atoms with Crippen molar-refractivity contribution < 1.29 is 5.11 Å². The van der Waals surface area contributed by atoms with Crippen LogP contribution in [0.1, 0.15) is 27.7 Å². The van der Waals surface area contributed by atoms with E-state index in [1.807, 2.05) is 0 Å². The monoisotopic (exact) mass is 165 g/mol. The number of hydrogen-bond donors (Lipinski definition) is 2. The summed E-state index contributed by atoms with van der Waals surface area (Å²) in [6.45, 7) is 6.81. The normalized spacial score (nSPS) is 10.8. The molecule has 3 N–H and O–H groups in total. The van der Waals surface area contributed by atoms with Gasteiger partial charge in [-0.3, -0.25) is 0 Å². The van der Waals surface area contributed by atoms with Crippen LogP contribution in [0.3, 0.4) is 0 Å². The fraction of sp³-hybridized carbons (Fsp3) is 0.600. The molecular weight excluding hydrogens is 150 g/mol. The van der Waals surface area contributed by atoms with E-state index >= 15 is 0 Å². The van der Waals surface area contributed by atoms with Crippen molar-refractivity contribution in [3.8, 4) is 23.7 Å². The summed E-state index contributed by atoms with van der Waals surface area (Å²) < 4.78 is 0. The van der Waals surface area contributed by atoms with E-state index in [0.717, 1.165) is 0 Å². The van der Waals surface area contributed by atoms with Crippen LogP contribution in [-0.2, 0) is 0 Å². The Hall–Kier alpha value is -0.960. The van der Waals surface area contributed by atoms with Gasteiger partial charge in [-0.05, 0) is 39.5 Å². The third-order valence-corrected chi connectivity index (χ3v) is 0.816. The number of hydrogen-bond acceptors (Lipinski definition) is 2. The molecule has 0 unspecified atom stereocenters. The van der Waals surface area contributed by atoms with E-state index in [-0.39, 0.29) is 0 Å². The number of nitrogens with two attached hydrogens (primary N) is 1. The predicted molar refractivity (Wildman–Crippen MR) is 50.1 cm³/mol. The quantitative estimate of drug-likeness (QED) is 0.513. The Balaban J connectivity index is 4.27. The Kier molecular flexibility index (Phi) is 3.34. The second kappa shape index (κ2) is 3.63. The molecule has 0 heterocycles. The molecule has 0 radical (unpaired) electrons. The molecule has 0 aliphatic heterocycles. The van der Waals surface area contributed by atoms with Gasteiger partial charge in [-0.1, -0.05) is 11.8 Å². The fourth-order valence-corrected chi connectivity index (χ4v) is 0.377. The van der Waals surface area contributed by atoms with Crippen molar-refractivity contribution in [1.29, 1.82) is 0 Å². The Morgan fingerprint density at radius 3 is 1.75 bits per heavy atom. The summed E-state index contributed by atoms with van der Waals surface area (Å²) >= 11 is 0. The molecule has 2 nitrogen and oxygen atoms in total. The van der Waals surface area contributed by atoms with Crippen LogP contribution in [0.25, 0.3) is 0 Å². The summed E-state index contributed by atoms with van der Waals surface area (Å²) in [7, 11) is 0. The summed E-state index contributed by atoms with van der Waals surface area (Å²) in [5.41, 5.74) is 4.08. The maximum Gasteiger partial charge on any atom is 0.120 e. The highest BCUT2D eigenvalue weighted by molar-refractivity contribution is 5.31. The molecule has 0 aromatic carbocycles. The topological polar surface area (TPSA) is 46.2 Å². The molecular formula is C10H15NO. The van der Waals surface area contributed by atoms with Gasteiger partial charge < -0.3 is 10.8 Å². The van der Waals surface area contributed by atoms with Crippen LogP contribution in [0.15, 0.2) is 0 Å². The van der Waals surface area contributed by atoms with Gasteiger partial charge in [-0.25, -0.2) is 0 Å². The van der Waals surface area contributed by atoms with Gasteiger partial charge >= 0.3 is 0 Å². The lowest BCUT2D eigenvalue weighted by Gasteiger charge is -2.06. The maximum absolute atomic E-state index is 9.17. The Morgan fingerprint density at radius 1 is 1.00 bits per heavy atom. The van der Waals surface area contributed by atoms with Crippen LogP contribution in [0.2, 0.25) is 0 Å². The van der Waals surface area contributed by atoms with Gasteiger partial charge in [0.05, 0.1) is 5.54 Å². The summed E-state index contributed by atoms with van der Waals surface area (Å²) in [5.74, 6) is 10.4. The smallest absolute Gasteiger partial charge is 0.120 e. The van der Waals surface area contributed by atoms with E-state index in [2.05, 4.69) is 23.7 Å². The van der Waals surface area contributed by atoms with Crippen LogP contribution < -0.4 is 5.73 Å². The second-order valence-corrected chi connectivity index (χ2v) is 3.78. The van der Waals surface area contributed by atoms with E-state index < -0.39 is 11.1 Å². The van der Waals surface area contributed by atoms with Crippen molar-refractivity contribution in [2.24, 2.45) is 5.73 Å². The van der Waals surface area contributed by atoms with Crippen molar-refractivity contribution in [3.05, 3.63) is 0 Å². The van der Waals surface area contributed by atoms with Gasteiger partial charge in [-0.15, -0.1) is 0 Å². The second-order valence-electron chi connectivity index (χ2n) is 3.78. The van der Waals surface area contributed by atoms with Gasteiger partial charge in [-0.2, -0.15) is 0 Å². The molecule has 0 aromatic heterocycles. The molecule has 0 saturated carbocycles. The molecule has 0 aromatic rings. The first-order valence-corrected chi connectivity index (χ1v) is 3.76. The van der Waals surface area contributed by atoms with Crippen molar-refractivity contribution in [3.63, 3.8) is 0 Å². The van der Waals surface area contributed by atoms with E-state index in [1.54, 1.807) is 27.7 Å². The van der Waals surface area contributed by atoms with E-state index in [1.165, 1.54) is 0 Å². The third kappa shape index (κ3) is 9.04. The molecule has 0 spiro atoms. The first kappa shape index (κ1) is 11.0. The third-order valence-electron chi connectivity index (χ3n) is 0.816. The van der Waals surface area contributed by atoms with Gasteiger partial charge in [0.15, 0.2) is 0 Å². The largest absolute Gasteiger partial charge is 0.378 e. The zero-order chi connectivity index (χ0) is 9.83. The molecule has 0 atom stereocenters. The summed E-state index contributed by atoms with van der Waals surface area (Å²) in [5, 5.41) is 9.17. The molecule has 0 saturated heterocycles. The van der Waals surface area contributed by atoms with Gasteiger partial charge in [0.2, 0.25) is 0 Å². The molecule has 0 fully saturated rings. The Labute approximate surface area is 74.2 Å². The minimum atomic E-state index is -0.979. The van der Waals surface area contributed by atoms with Gasteiger partial charge in [0.1, 0.15) is 5.60 Å². The standard InChI is InChI=1S/C10H15NO/c1-9(2,11)7-5-6-8-10(3,4)12/h12H,11H2,1-4H3. The first-order valence-electron chi connectivity index (χ1n) is 3.76. The van der Waals surface area contributed by atoms with Gasteiger partial charge in [0, 0.05) is 0 Å². The molecule has 12 heavy (non-hydrogen) atoms. The zero-order valence-electron chi connectivity index (χ0n) is 8.02. The Morgan fingerprint density at radius 2 is 1.42 bits per heavy atom. The lowest BCUT2D eigenvalue weighted by molar-refractivity contribution is 0.143. The van der Waals surface area contributed by atoms with Crippen molar-refractivity contribution in [1.82, 2.24) is 0 Å². The summed E-state index contributed by atoms with van der Waals surface area (Å²) in [6, 6.07) is 0. The lowest BCUT2D eigenvalue weighted by Crippen LogP contribution is -2.29. The molecule has 2 heteroatoms. The molecule has 0 aliphatic carbocycles. The van der Waals surface area contributed by atoms with Gasteiger partial charge in [0.25, 0.3) is 0 Å². The SMILES string of the molecule is CC(C)(N)C#CC#CC(C)(C)O. The van der Waals surface area contributed by atoms with E-state index in [4.69, 9.17) is 5.73 Å². The average molecular weight is 165 g/mol. The van der Waals surface area contributed by atoms with Crippen molar-refractivity contribution in [2.45, 2.75) is 38.8 Å². The van der Waals surface area contributed by atoms with Crippen LogP contribution in [0, 0.1) is 23.7 Å². The average Bonchev–Trinajstić information content (AvgIpc) is 1.76. The minimum Gasteiger partial charge on any atom is -0.378 e. The predicted octanol–water partition coefficient (Wildman–Crippen LogP) is 0.501. The number of aliphatic hydroxyl groups is 1. The lowest BCUT2D eigenvalue weighted by atomic mass is 10.1. The molecule has 0 amide bonds. The Bertz CT molecular complexity index is 227.